The average Bonchev–Trinajstić information content (AvgIpc) is 2.28. The summed E-state index contributed by atoms with van der Waals surface area (Å²) in [5, 5.41) is 4.35. The van der Waals surface area contributed by atoms with Crippen LogP contribution in [0.15, 0.2) is 12.3 Å². The summed E-state index contributed by atoms with van der Waals surface area (Å²) >= 11 is 17.6. The molecule has 5 heteroatoms. The van der Waals surface area contributed by atoms with Gasteiger partial charge in [-0.25, -0.2) is 4.98 Å². The minimum Gasteiger partial charge on any atom is -0.369 e. The van der Waals surface area contributed by atoms with Crippen molar-refractivity contribution in [3.8, 4) is 0 Å². The minimum atomic E-state index is 0.548. The van der Waals surface area contributed by atoms with Gasteiger partial charge in [-0.1, -0.05) is 36.5 Å². The van der Waals surface area contributed by atoms with E-state index in [0.29, 0.717) is 27.7 Å². The maximum absolute atomic E-state index is 6.03. The third-order valence-electron chi connectivity index (χ3n) is 2.58. The van der Waals surface area contributed by atoms with Crippen LogP contribution < -0.4 is 5.32 Å². The van der Waals surface area contributed by atoms with E-state index < -0.39 is 0 Å². The smallest absolute Gasteiger partial charge is 0.144 e. The van der Waals surface area contributed by atoms with Crippen molar-refractivity contribution in [3.63, 3.8) is 0 Å². The van der Waals surface area contributed by atoms with E-state index in [-0.39, 0.29) is 0 Å². The van der Waals surface area contributed by atoms with Crippen molar-refractivity contribution in [1.82, 2.24) is 4.98 Å². The van der Waals surface area contributed by atoms with Crippen LogP contribution in [0.3, 0.4) is 0 Å². The second-order valence-electron chi connectivity index (χ2n) is 4.00. The largest absolute Gasteiger partial charge is 0.369 e. The van der Waals surface area contributed by atoms with Gasteiger partial charge in [0.25, 0.3) is 0 Å². The Balaban J connectivity index is 2.52. The molecule has 0 radical (unpaired) electrons. The van der Waals surface area contributed by atoms with Gasteiger partial charge in [0, 0.05) is 18.6 Å². The maximum Gasteiger partial charge on any atom is 0.144 e. The summed E-state index contributed by atoms with van der Waals surface area (Å²) in [6.07, 6.45) is 4.91. The third kappa shape index (κ3) is 5.33. The quantitative estimate of drug-likeness (QED) is 0.728. The second kappa shape index (κ2) is 8.02. The number of pyridine rings is 1. The number of halogens is 3. The molecule has 17 heavy (non-hydrogen) atoms. The lowest BCUT2D eigenvalue weighted by Crippen LogP contribution is -2.15. The summed E-state index contributed by atoms with van der Waals surface area (Å²) in [6, 6.07) is 1.69. The van der Waals surface area contributed by atoms with Crippen LogP contribution >= 0.6 is 34.8 Å². The topological polar surface area (TPSA) is 24.9 Å². The van der Waals surface area contributed by atoms with Crippen LogP contribution in [-0.2, 0) is 0 Å². The minimum absolute atomic E-state index is 0.548. The highest BCUT2D eigenvalue weighted by atomic mass is 35.5. The Kier molecular flexibility index (Phi) is 7.02. The zero-order valence-electron chi connectivity index (χ0n) is 9.85. The number of aromatic nitrogens is 1. The lowest BCUT2D eigenvalue weighted by atomic mass is 10.0. The molecule has 1 aromatic rings. The van der Waals surface area contributed by atoms with Crippen molar-refractivity contribution in [1.29, 1.82) is 0 Å². The molecule has 0 bridgehead atoms. The normalized spacial score (nSPS) is 12.5. The van der Waals surface area contributed by atoms with Gasteiger partial charge in [0.15, 0.2) is 0 Å². The van der Waals surface area contributed by atoms with E-state index >= 15 is 0 Å². The number of nitrogens with one attached hydrogen (secondary N) is 1. The molecule has 1 heterocycles. The van der Waals surface area contributed by atoms with Gasteiger partial charge in [0.1, 0.15) is 5.82 Å². The molecule has 0 spiro atoms. The number of anilines is 1. The lowest BCUT2D eigenvalue weighted by molar-refractivity contribution is 0.489. The van der Waals surface area contributed by atoms with Gasteiger partial charge in [-0.2, -0.15) is 0 Å². The monoisotopic (exact) mass is 294 g/mol. The van der Waals surface area contributed by atoms with Gasteiger partial charge in [0.2, 0.25) is 0 Å². The first-order valence-corrected chi connectivity index (χ1v) is 7.07. The zero-order valence-corrected chi connectivity index (χ0v) is 12.1. The predicted octanol–water partition coefficient (Wildman–Crippen LogP) is 4.85. The number of alkyl halides is 1. The van der Waals surface area contributed by atoms with Crippen LogP contribution in [0.5, 0.6) is 0 Å². The van der Waals surface area contributed by atoms with E-state index in [1.807, 2.05) is 0 Å². The summed E-state index contributed by atoms with van der Waals surface area (Å²) < 4.78 is 0. The van der Waals surface area contributed by atoms with Crippen LogP contribution in [0, 0.1) is 5.92 Å². The van der Waals surface area contributed by atoms with Crippen LogP contribution in [0.25, 0.3) is 0 Å². The average molecular weight is 296 g/mol. The van der Waals surface area contributed by atoms with Crippen molar-refractivity contribution in [2.45, 2.75) is 26.2 Å². The van der Waals surface area contributed by atoms with E-state index in [2.05, 4.69) is 17.2 Å². The van der Waals surface area contributed by atoms with Crippen LogP contribution in [0.4, 0.5) is 5.82 Å². The van der Waals surface area contributed by atoms with Gasteiger partial charge in [0.05, 0.1) is 10.0 Å². The van der Waals surface area contributed by atoms with Gasteiger partial charge in [-0.3, -0.25) is 0 Å². The summed E-state index contributed by atoms with van der Waals surface area (Å²) in [5.41, 5.74) is 0. The highest BCUT2D eigenvalue weighted by Crippen LogP contribution is 2.23. The molecule has 1 N–H and O–H groups in total. The number of hydrogen-bond acceptors (Lipinski definition) is 2. The Morgan fingerprint density at radius 3 is 2.71 bits per heavy atom. The van der Waals surface area contributed by atoms with Gasteiger partial charge in [-0.05, 0) is 24.8 Å². The van der Waals surface area contributed by atoms with Gasteiger partial charge in [-0.15, -0.1) is 11.6 Å². The van der Waals surface area contributed by atoms with Crippen molar-refractivity contribution < 1.29 is 0 Å². The van der Waals surface area contributed by atoms with Crippen LogP contribution in [0.1, 0.15) is 26.2 Å². The molecule has 0 aliphatic rings. The summed E-state index contributed by atoms with van der Waals surface area (Å²) in [4.78, 5) is 4.16. The first-order chi connectivity index (χ1) is 8.17. The lowest BCUT2D eigenvalue weighted by Gasteiger charge is -2.16. The molecule has 2 nitrogen and oxygen atoms in total. The fourth-order valence-electron chi connectivity index (χ4n) is 1.70. The van der Waals surface area contributed by atoms with Crippen molar-refractivity contribution >= 4 is 40.6 Å². The SMILES string of the molecule is CCCC(CCCl)CNc1ncc(Cl)cc1Cl. The van der Waals surface area contributed by atoms with Crippen molar-refractivity contribution in [2.24, 2.45) is 5.92 Å². The Labute approximate surface area is 118 Å². The number of nitrogens with zero attached hydrogens (tertiary/aromatic N) is 1. The highest BCUT2D eigenvalue weighted by molar-refractivity contribution is 6.35. The van der Waals surface area contributed by atoms with Crippen LogP contribution in [-0.4, -0.2) is 17.4 Å². The highest BCUT2D eigenvalue weighted by Gasteiger charge is 2.09. The molecule has 0 amide bonds. The van der Waals surface area contributed by atoms with Crippen LogP contribution in [0.2, 0.25) is 10.0 Å². The molecule has 0 saturated carbocycles. The fraction of sp³-hybridized carbons (Fsp3) is 0.583. The first kappa shape index (κ1) is 14.9. The van der Waals surface area contributed by atoms with E-state index in [1.165, 1.54) is 0 Å². The molecule has 1 rings (SSSR count). The molecular weight excluding hydrogens is 279 g/mol. The molecule has 1 aromatic heterocycles. The van der Waals surface area contributed by atoms with Crippen molar-refractivity contribution in [3.05, 3.63) is 22.3 Å². The predicted molar refractivity (Wildman–Crippen MR) is 76.5 cm³/mol. The Morgan fingerprint density at radius 2 is 2.12 bits per heavy atom. The van der Waals surface area contributed by atoms with E-state index in [4.69, 9.17) is 34.8 Å². The molecule has 0 aliphatic heterocycles. The molecule has 0 aromatic carbocycles. The molecule has 1 unspecified atom stereocenters. The molecule has 0 saturated heterocycles. The first-order valence-electron chi connectivity index (χ1n) is 5.78. The van der Waals surface area contributed by atoms with E-state index in [1.54, 1.807) is 12.3 Å². The Morgan fingerprint density at radius 1 is 1.35 bits per heavy atom. The molecule has 0 fully saturated rings. The molecule has 1 atom stereocenters. The standard InChI is InChI=1S/C12H17Cl3N2/c1-2-3-9(4-5-13)7-16-12-11(15)6-10(14)8-17-12/h6,8-9H,2-5,7H2,1H3,(H,16,17). The molecular formula is C12H17Cl3N2. The molecule has 0 aliphatic carbocycles. The Bertz CT molecular complexity index is 339. The summed E-state index contributed by atoms with van der Waals surface area (Å²) in [5.74, 6) is 1.94. The van der Waals surface area contributed by atoms with Gasteiger partial charge >= 0.3 is 0 Å². The third-order valence-corrected chi connectivity index (χ3v) is 3.29. The van der Waals surface area contributed by atoms with E-state index in [9.17, 15) is 0 Å². The number of hydrogen-bond donors (Lipinski definition) is 1. The summed E-state index contributed by atoms with van der Waals surface area (Å²) in [6.45, 7) is 3.02. The zero-order chi connectivity index (χ0) is 12.7. The van der Waals surface area contributed by atoms with Crippen molar-refractivity contribution in [2.75, 3.05) is 17.7 Å². The number of rotatable bonds is 7. The second-order valence-corrected chi connectivity index (χ2v) is 5.22. The summed E-state index contributed by atoms with van der Waals surface area (Å²) in [7, 11) is 0. The molecule has 96 valence electrons. The van der Waals surface area contributed by atoms with Gasteiger partial charge < -0.3 is 5.32 Å². The maximum atomic E-state index is 6.03. The fourth-order valence-corrected chi connectivity index (χ4v) is 2.45. The van der Waals surface area contributed by atoms with E-state index in [0.717, 1.165) is 25.8 Å². The Hall–Kier alpha value is -0.180.